The van der Waals surface area contributed by atoms with Crippen LogP contribution in [0.15, 0.2) is 18.2 Å². The van der Waals surface area contributed by atoms with Gasteiger partial charge in [-0.2, -0.15) is 5.26 Å². The van der Waals surface area contributed by atoms with E-state index in [2.05, 4.69) is 6.07 Å². The molecule has 1 amide bonds. The molecule has 1 N–H and O–H groups in total. The van der Waals surface area contributed by atoms with Crippen molar-refractivity contribution in [3.05, 3.63) is 29.3 Å². The summed E-state index contributed by atoms with van der Waals surface area (Å²) in [5.41, 5.74) is 1.25. The summed E-state index contributed by atoms with van der Waals surface area (Å²) < 4.78 is 5.64. The largest absolute Gasteiger partial charge is 0.493 e. The Morgan fingerprint density at radius 3 is 3.00 bits per heavy atom. The Labute approximate surface area is 117 Å². The highest BCUT2D eigenvalue weighted by Crippen LogP contribution is 2.38. The minimum atomic E-state index is -0.660. The monoisotopic (exact) mass is 272 g/mol. The predicted molar refractivity (Wildman–Crippen MR) is 71.0 cm³/mol. The van der Waals surface area contributed by atoms with Crippen LogP contribution in [0.5, 0.6) is 5.75 Å². The molecule has 2 aliphatic rings. The van der Waals surface area contributed by atoms with E-state index in [0.717, 1.165) is 12.0 Å². The lowest BCUT2D eigenvalue weighted by Gasteiger charge is -2.31. The number of aliphatic hydroxyl groups is 1. The number of aliphatic hydroxyl groups excluding tert-OH is 1. The zero-order valence-electron chi connectivity index (χ0n) is 11.1. The number of hydrogen-bond acceptors (Lipinski definition) is 4. The minimum absolute atomic E-state index is 0.0595. The van der Waals surface area contributed by atoms with Crippen LogP contribution >= 0.6 is 0 Å². The molecule has 0 spiro atoms. The maximum Gasteiger partial charge on any atom is 0.223 e. The third-order valence-corrected chi connectivity index (χ3v) is 3.94. The number of carbonyl (C=O) groups is 1. The van der Waals surface area contributed by atoms with Crippen molar-refractivity contribution in [3.63, 3.8) is 0 Å². The van der Waals surface area contributed by atoms with Crippen molar-refractivity contribution in [2.24, 2.45) is 0 Å². The van der Waals surface area contributed by atoms with Gasteiger partial charge in [-0.05, 0) is 24.6 Å². The van der Waals surface area contributed by atoms with Crippen LogP contribution < -0.4 is 4.74 Å². The molecule has 2 atom stereocenters. The number of ether oxygens (including phenoxy) is 1. The highest BCUT2D eigenvalue weighted by Gasteiger charge is 2.37. The molecule has 20 heavy (non-hydrogen) atoms. The third kappa shape index (κ3) is 2.12. The summed E-state index contributed by atoms with van der Waals surface area (Å²) in [4.78, 5) is 13.7. The molecule has 1 aromatic carbocycles. The van der Waals surface area contributed by atoms with E-state index in [0.29, 0.717) is 37.3 Å². The molecule has 5 heteroatoms. The first-order valence-corrected chi connectivity index (χ1v) is 6.85. The van der Waals surface area contributed by atoms with Crippen LogP contribution in [0.2, 0.25) is 0 Å². The van der Waals surface area contributed by atoms with Gasteiger partial charge in [0, 0.05) is 24.9 Å². The van der Waals surface area contributed by atoms with E-state index < -0.39 is 12.1 Å². The second-order valence-electron chi connectivity index (χ2n) is 5.20. The third-order valence-electron chi connectivity index (χ3n) is 3.94. The van der Waals surface area contributed by atoms with Crippen molar-refractivity contribution in [2.45, 2.75) is 31.4 Å². The summed E-state index contributed by atoms with van der Waals surface area (Å²) >= 11 is 0. The van der Waals surface area contributed by atoms with Gasteiger partial charge in [-0.15, -0.1) is 0 Å². The Morgan fingerprint density at radius 2 is 2.30 bits per heavy atom. The number of nitrogens with zero attached hydrogens (tertiary/aromatic N) is 2. The van der Waals surface area contributed by atoms with Crippen LogP contribution in [-0.2, 0) is 4.79 Å². The molecule has 0 radical (unpaired) electrons. The maximum absolute atomic E-state index is 12.0. The number of benzene rings is 1. The molecule has 104 valence electrons. The van der Waals surface area contributed by atoms with Gasteiger partial charge in [0.25, 0.3) is 0 Å². The van der Waals surface area contributed by atoms with Crippen molar-refractivity contribution in [1.29, 1.82) is 5.26 Å². The minimum Gasteiger partial charge on any atom is -0.493 e. The Kier molecular flexibility index (Phi) is 3.33. The second kappa shape index (κ2) is 5.14. The van der Waals surface area contributed by atoms with E-state index >= 15 is 0 Å². The van der Waals surface area contributed by atoms with E-state index in [-0.39, 0.29) is 5.91 Å². The van der Waals surface area contributed by atoms with Gasteiger partial charge in [0.2, 0.25) is 5.91 Å². The normalized spacial score (nSPS) is 25.6. The summed E-state index contributed by atoms with van der Waals surface area (Å²) in [5.74, 6) is 0.717. The Bertz CT molecular complexity index is 579. The van der Waals surface area contributed by atoms with Crippen molar-refractivity contribution < 1.29 is 14.6 Å². The van der Waals surface area contributed by atoms with Crippen LogP contribution in [0.3, 0.4) is 0 Å². The van der Waals surface area contributed by atoms with Gasteiger partial charge >= 0.3 is 0 Å². The fraction of sp³-hybridized carbons (Fsp3) is 0.467. The van der Waals surface area contributed by atoms with Crippen LogP contribution in [0, 0.1) is 11.3 Å². The number of amides is 1. The number of hydrogen-bond donors (Lipinski definition) is 1. The zero-order valence-corrected chi connectivity index (χ0v) is 11.1. The molecule has 0 aromatic heterocycles. The summed E-state index contributed by atoms with van der Waals surface area (Å²) in [7, 11) is 0. The molecule has 1 aromatic rings. The van der Waals surface area contributed by atoms with Crippen LogP contribution in [0.25, 0.3) is 0 Å². The standard InChI is InChI=1S/C15H16N2O3/c16-9-10-3-4-13-11(8-10)15(12(18)5-7-20-13)17-6-1-2-14(17)19/h3-4,8,12,15,18H,1-2,5-7H2/t12-,15-/m0/s1. The summed E-state index contributed by atoms with van der Waals surface area (Å²) in [6.07, 6.45) is 1.16. The molecule has 0 unspecified atom stereocenters. The average molecular weight is 272 g/mol. The molecule has 1 saturated heterocycles. The predicted octanol–water partition coefficient (Wildman–Crippen LogP) is 1.37. The van der Waals surface area contributed by atoms with Crippen molar-refractivity contribution in [2.75, 3.05) is 13.2 Å². The van der Waals surface area contributed by atoms with Crippen molar-refractivity contribution in [1.82, 2.24) is 4.90 Å². The quantitative estimate of drug-likeness (QED) is 0.838. The molecule has 5 nitrogen and oxygen atoms in total. The molecule has 1 fully saturated rings. The zero-order chi connectivity index (χ0) is 14.1. The van der Waals surface area contributed by atoms with Crippen molar-refractivity contribution in [3.8, 4) is 11.8 Å². The fourth-order valence-electron chi connectivity index (χ4n) is 2.97. The number of likely N-dealkylation sites (tertiary alicyclic amines) is 1. The molecule has 0 aliphatic carbocycles. The molecule has 0 bridgehead atoms. The smallest absolute Gasteiger partial charge is 0.223 e. The van der Waals surface area contributed by atoms with E-state index in [4.69, 9.17) is 10.00 Å². The SMILES string of the molecule is N#Cc1ccc2c(c1)[C@H](N1CCCC1=O)[C@@H](O)CCO2. The van der Waals surface area contributed by atoms with Crippen molar-refractivity contribution >= 4 is 5.91 Å². The van der Waals surface area contributed by atoms with Crippen LogP contribution in [0.1, 0.15) is 36.4 Å². The van der Waals surface area contributed by atoms with Gasteiger partial charge in [0.1, 0.15) is 5.75 Å². The first-order valence-electron chi connectivity index (χ1n) is 6.85. The van der Waals surface area contributed by atoms with Gasteiger partial charge in [-0.3, -0.25) is 4.79 Å². The summed E-state index contributed by atoms with van der Waals surface area (Å²) in [6.45, 7) is 1.06. The van der Waals surface area contributed by atoms with Crippen LogP contribution in [-0.4, -0.2) is 35.2 Å². The van der Waals surface area contributed by atoms with E-state index in [1.807, 2.05) is 0 Å². The molecule has 3 rings (SSSR count). The van der Waals surface area contributed by atoms with Gasteiger partial charge in [-0.1, -0.05) is 0 Å². The first-order chi connectivity index (χ1) is 9.70. The topological polar surface area (TPSA) is 73.6 Å². The summed E-state index contributed by atoms with van der Waals surface area (Å²) in [5, 5.41) is 19.4. The van der Waals surface area contributed by atoms with Gasteiger partial charge in [0.15, 0.2) is 0 Å². The van der Waals surface area contributed by atoms with E-state index in [1.165, 1.54) is 0 Å². The maximum atomic E-state index is 12.0. The first kappa shape index (κ1) is 12.9. The lowest BCUT2D eigenvalue weighted by molar-refractivity contribution is -0.132. The van der Waals surface area contributed by atoms with E-state index in [9.17, 15) is 9.90 Å². The molecule has 0 saturated carbocycles. The fourth-order valence-corrected chi connectivity index (χ4v) is 2.97. The molecular weight excluding hydrogens is 256 g/mol. The highest BCUT2D eigenvalue weighted by atomic mass is 16.5. The Hall–Kier alpha value is -2.06. The Balaban J connectivity index is 2.07. The van der Waals surface area contributed by atoms with Gasteiger partial charge in [0.05, 0.1) is 30.4 Å². The van der Waals surface area contributed by atoms with Gasteiger partial charge in [-0.25, -0.2) is 0 Å². The van der Waals surface area contributed by atoms with E-state index in [1.54, 1.807) is 23.1 Å². The van der Waals surface area contributed by atoms with Crippen LogP contribution in [0.4, 0.5) is 0 Å². The number of fused-ring (bicyclic) bond motifs is 1. The second-order valence-corrected chi connectivity index (χ2v) is 5.20. The molecule has 2 heterocycles. The Morgan fingerprint density at radius 1 is 1.45 bits per heavy atom. The lowest BCUT2D eigenvalue weighted by Crippen LogP contribution is -2.37. The number of nitriles is 1. The molecular formula is C15H16N2O3. The van der Waals surface area contributed by atoms with Gasteiger partial charge < -0.3 is 14.7 Å². The number of carbonyl (C=O) groups excluding carboxylic acids is 1. The summed E-state index contributed by atoms with van der Waals surface area (Å²) in [6, 6.07) is 6.85. The average Bonchev–Trinajstić information content (AvgIpc) is 2.79. The molecule has 2 aliphatic heterocycles. The lowest BCUT2D eigenvalue weighted by atomic mass is 9.96. The highest BCUT2D eigenvalue weighted by molar-refractivity contribution is 5.79. The number of rotatable bonds is 1.